The zero-order valence-electron chi connectivity index (χ0n) is 13.9. The van der Waals surface area contributed by atoms with Crippen LogP contribution in [0, 0.1) is 11.8 Å². The van der Waals surface area contributed by atoms with E-state index < -0.39 is 53.8 Å². The van der Waals surface area contributed by atoms with E-state index in [4.69, 9.17) is 9.47 Å². The highest BCUT2D eigenvalue weighted by Gasteiger charge is 2.61. The lowest BCUT2D eigenvalue weighted by Crippen LogP contribution is -2.53. The molecule has 0 spiro atoms. The SMILES string of the molecule is C=C1C(=O)O[C@@H]2C3=C(C)[C@H](O)C[C@H]3[C@](C)(O)[C@H](O)[C@H](OC(C)=O)[C@@H]12. The van der Waals surface area contributed by atoms with E-state index in [1.165, 1.54) is 13.8 Å². The van der Waals surface area contributed by atoms with Gasteiger partial charge in [0.05, 0.1) is 17.6 Å². The highest BCUT2D eigenvalue weighted by Crippen LogP contribution is 2.52. The van der Waals surface area contributed by atoms with Crippen LogP contribution in [0.2, 0.25) is 0 Å². The molecule has 7 nitrogen and oxygen atoms in total. The van der Waals surface area contributed by atoms with E-state index in [1.54, 1.807) is 6.92 Å². The van der Waals surface area contributed by atoms with Crippen molar-refractivity contribution in [1.82, 2.24) is 0 Å². The van der Waals surface area contributed by atoms with Crippen LogP contribution in [-0.2, 0) is 19.1 Å². The van der Waals surface area contributed by atoms with Crippen molar-refractivity contribution in [2.45, 2.75) is 57.2 Å². The molecule has 1 saturated carbocycles. The van der Waals surface area contributed by atoms with Gasteiger partial charge in [0.25, 0.3) is 0 Å². The standard InChI is InChI=1S/C17H22O7/c1-6-10(19)5-9-11(6)13-12(7(2)16(21)24-13)14(23-8(3)18)15(20)17(9,4)22/h9-10,12-15,19-20,22H,2,5H2,1,3-4H3/t9-,10-,12+,13-,14-,15-,17+/m1/s1. The molecule has 7 heteroatoms. The van der Waals surface area contributed by atoms with Crippen LogP contribution < -0.4 is 0 Å². The molecule has 132 valence electrons. The van der Waals surface area contributed by atoms with E-state index in [-0.39, 0.29) is 12.0 Å². The minimum absolute atomic E-state index is 0.0865. The van der Waals surface area contributed by atoms with Crippen molar-refractivity contribution in [1.29, 1.82) is 0 Å². The molecule has 1 heterocycles. The Morgan fingerprint density at radius 3 is 2.62 bits per heavy atom. The smallest absolute Gasteiger partial charge is 0.334 e. The molecule has 0 aromatic rings. The van der Waals surface area contributed by atoms with Gasteiger partial charge in [0.15, 0.2) is 0 Å². The third-order valence-corrected chi connectivity index (χ3v) is 5.59. The fourth-order valence-corrected chi connectivity index (χ4v) is 4.25. The Kier molecular flexibility index (Phi) is 3.86. The predicted molar refractivity (Wildman–Crippen MR) is 81.5 cm³/mol. The van der Waals surface area contributed by atoms with Gasteiger partial charge in [-0.2, -0.15) is 0 Å². The fourth-order valence-electron chi connectivity index (χ4n) is 4.25. The average molecular weight is 338 g/mol. The summed E-state index contributed by atoms with van der Waals surface area (Å²) in [4.78, 5) is 23.5. The monoisotopic (exact) mass is 338 g/mol. The van der Waals surface area contributed by atoms with Crippen LogP contribution in [0.1, 0.15) is 27.2 Å². The van der Waals surface area contributed by atoms with E-state index in [1.807, 2.05) is 0 Å². The largest absolute Gasteiger partial charge is 0.459 e. The average Bonchev–Trinajstić information content (AvgIpc) is 2.92. The second-order valence-corrected chi connectivity index (χ2v) is 7.06. The van der Waals surface area contributed by atoms with Crippen LogP contribution >= 0.6 is 0 Å². The third-order valence-electron chi connectivity index (χ3n) is 5.59. The fraction of sp³-hybridized carbons (Fsp3) is 0.647. The number of rotatable bonds is 1. The molecule has 3 aliphatic rings. The van der Waals surface area contributed by atoms with Crippen molar-refractivity contribution in [3.8, 4) is 0 Å². The van der Waals surface area contributed by atoms with Crippen LogP contribution in [0.3, 0.4) is 0 Å². The van der Waals surface area contributed by atoms with Gasteiger partial charge in [-0.1, -0.05) is 6.58 Å². The molecule has 2 fully saturated rings. The van der Waals surface area contributed by atoms with Gasteiger partial charge in [-0.25, -0.2) is 4.79 Å². The van der Waals surface area contributed by atoms with Crippen molar-refractivity contribution in [3.05, 3.63) is 23.3 Å². The molecular weight excluding hydrogens is 316 g/mol. The van der Waals surface area contributed by atoms with Gasteiger partial charge in [-0.3, -0.25) is 4.79 Å². The molecule has 1 saturated heterocycles. The highest BCUT2D eigenvalue weighted by atomic mass is 16.6. The zero-order chi connectivity index (χ0) is 18.0. The maximum atomic E-state index is 12.0. The number of carbonyl (C=O) groups excluding carboxylic acids is 2. The van der Waals surface area contributed by atoms with Gasteiger partial charge in [0.1, 0.15) is 18.3 Å². The third kappa shape index (κ3) is 2.22. The molecule has 0 bridgehead atoms. The Morgan fingerprint density at radius 2 is 2.04 bits per heavy atom. The minimum atomic E-state index is -1.66. The molecule has 0 aromatic carbocycles. The van der Waals surface area contributed by atoms with Gasteiger partial charge in [-0.05, 0) is 31.4 Å². The Morgan fingerprint density at radius 1 is 1.42 bits per heavy atom. The number of ether oxygens (including phenoxy) is 2. The van der Waals surface area contributed by atoms with Gasteiger partial charge in [0.2, 0.25) is 0 Å². The first kappa shape index (κ1) is 17.1. The van der Waals surface area contributed by atoms with E-state index in [0.29, 0.717) is 11.1 Å². The van der Waals surface area contributed by atoms with E-state index in [0.717, 1.165) is 0 Å². The molecule has 0 amide bonds. The molecule has 1 aliphatic heterocycles. The molecule has 0 radical (unpaired) electrons. The number of esters is 2. The Hall–Kier alpha value is -1.70. The summed E-state index contributed by atoms with van der Waals surface area (Å²) in [5.74, 6) is -2.69. The molecule has 0 unspecified atom stereocenters. The van der Waals surface area contributed by atoms with Crippen LogP contribution in [0.25, 0.3) is 0 Å². The van der Waals surface area contributed by atoms with Crippen LogP contribution in [0.15, 0.2) is 23.3 Å². The van der Waals surface area contributed by atoms with Gasteiger partial charge < -0.3 is 24.8 Å². The van der Waals surface area contributed by atoms with E-state index in [9.17, 15) is 24.9 Å². The topological polar surface area (TPSA) is 113 Å². The predicted octanol–water partition coefficient (Wildman–Crippen LogP) is -0.161. The number of hydrogen-bond donors (Lipinski definition) is 3. The lowest BCUT2D eigenvalue weighted by atomic mass is 9.80. The molecule has 3 N–H and O–H groups in total. The Labute approximate surface area is 139 Å². The van der Waals surface area contributed by atoms with Crippen molar-refractivity contribution < 1.29 is 34.4 Å². The lowest BCUT2D eigenvalue weighted by Gasteiger charge is -2.37. The summed E-state index contributed by atoms with van der Waals surface area (Å²) in [7, 11) is 0. The van der Waals surface area contributed by atoms with Gasteiger partial charge in [-0.15, -0.1) is 0 Å². The number of aliphatic hydroxyl groups excluding tert-OH is 2. The summed E-state index contributed by atoms with van der Waals surface area (Å²) in [6.07, 6.45) is -4.03. The normalized spacial score (nSPS) is 44.8. The number of carbonyl (C=O) groups is 2. The lowest BCUT2D eigenvalue weighted by molar-refractivity contribution is -0.176. The number of aliphatic hydroxyl groups is 3. The molecule has 7 atom stereocenters. The second-order valence-electron chi connectivity index (χ2n) is 7.06. The zero-order valence-corrected chi connectivity index (χ0v) is 13.9. The molecular formula is C17H22O7. The summed E-state index contributed by atoms with van der Waals surface area (Å²) >= 11 is 0. The molecule has 0 aromatic heterocycles. The first-order valence-electron chi connectivity index (χ1n) is 7.93. The number of fused-ring (bicyclic) bond motifs is 3. The Bertz CT molecular complexity index is 647. The van der Waals surface area contributed by atoms with Crippen molar-refractivity contribution in [2.75, 3.05) is 0 Å². The quantitative estimate of drug-likeness (QED) is 0.346. The molecule has 3 rings (SSSR count). The summed E-state index contributed by atoms with van der Waals surface area (Å²) in [6.45, 7) is 8.06. The van der Waals surface area contributed by atoms with E-state index >= 15 is 0 Å². The summed E-state index contributed by atoms with van der Waals surface area (Å²) in [6, 6.07) is 0. The van der Waals surface area contributed by atoms with Crippen LogP contribution in [-0.4, -0.2) is 57.3 Å². The summed E-state index contributed by atoms with van der Waals surface area (Å²) in [5.41, 5.74) is -0.388. The summed E-state index contributed by atoms with van der Waals surface area (Å²) in [5, 5.41) is 31.9. The molecule has 24 heavy (non-hydrogen) atoms. The van der Waals surface area contributed by atoms with Gasteiger partial charge in [0, 0.05) is 18.4 Å². The van der Waals surface area contributed by atoms with Gasteiger partial charge >= 0.3 is 11.9 Å². The van der Waals surface area contributed by atoms with Crippen molar-refractivity contribution in [2.24, 2.45) is 11.8 Å². The first-order valence-corrected chi connectivity index (χ1v) is 7.93. The maximum Gasteiger partial charge on any atom is 0.334 e. The summed E-state index contributed by atoms with van der Waals surface area (Å²) < 4.78 is 10.7. The molecule has 2 aliphatic carbocycles. The number of hydrogen-bond acceptors (Lipinski definition) is 7. The second kappa shape index (κ2) is 5.40. The van der Waals surface area contributed by atoms with Crippen molar-refractivity contribution >= 4 is 11.9 Å². The van der Waals surface area contributed by atoms with Crippen molar-refractivity contribution in [3.63, 3.8) is 0 Å². The maximum absolute atomic E-state index is 12.0. The first-order chi connectivity index (χ1) is 11.1. The minimum Gasteiger partial charge on any atom is -0.459 e. The van der Waals surface area contributed by atoms with Crippen LogP contribution in [0.4, 0.5) is 0 Å². The van der Waals surface area contributed by atoms with Crippen LogP contribution in [0.5, 0.6) is 0 Å². The highest BCUT2D eigenvalue weighted by molar-refractivity contribution is 5.91. The van der Waals surface area contributed by atoms with E-state index in [2.05, 4.69) is 6.58 Å². The Balaban J connectivity index is 2.18.